The fraction of sp³-hybridized carbons (Fsp3) is 0.263. The summed E-state index contributed by atoms with van der Waals surface area (Å²) in [5.41, 5.74) is -0.889. The van der Waals surface area contributed by atoms with Crippen LogP contribution in [0, 0.1) is 6.92 Å². The molecule has 1 unspecified atom stereocenters. The van der Waals surface area contributed by atoms with Gasteiger partial charge >= 0.3 is 23.9 Å². The first kappa shape index (κ1) is 24.2. The molecule has 0 saturated carbocycles. The van der Waals surface area contributed by atoms with Crippen molar-refractivity contribution in [1.29, 1.82) is 0 Å². The first-order valence-electron chi connectivity index (χ1n) is 8.35. The summed E-state index contributed by atoms with van der Waals surface area (Å²) < 4.78 is 118. The SMILES string of the molecule is Cc1ccc(C(N)=NC=Nc2ccc(C(F)(C(F)(F)F)C(F)(F)C(F)(F)F)cc2)cc1. The number of nitrogens with two attached hydrogens (primary N) is 1. The molecule has 0 bridgehead atoms. The molecule has 2 rings (SSSR count). The zero-order valence-corrected chi connectivity index (χ0v) is 15.6. The van der Waals surface area contributed by atoms with E-state index in [1.807, 2.05) is 6.92 Å². The van der Waals surface area contributed by atoms with Gasteiger partial charge in [0.05, 0.1) is 5.69 Å². The Labute approximate surface area is 170 Å². The number of alkyl halides is 9. The van der Waals surface area contributed by atoms with Gasteiger partial charge in [0.1, 0.15) is 12.2 Å². The molecule has 0 saturated heterocycles. The molecule has 2 N–H and O–H groups in total. The maximum absolute atomic E-state index is 14.3. The summed E-state index contributed by atoms with van der Waals surface area (Å²) in [6.45, 7) is 1.84. The van der Waals surface area contributed by atoms with E-state index in [2.05, 4.69) is 9.98 Å². The summed E-state index contributed by atoms with van der Waals surface area (Å²) in [5.74, 6) is -6.69. The van der Waals surface area contributed by atoms with Gasteiger partial charge in [0.15, 0.2) is 0 Å². The van der Waals surface area contributed by atoms with Gasteiger partial charge in [-0.25, -0.2) is 14.4 Å². The van der Waals surface area contributed by atoms with Crippen LogP contribution >= 0.6 is 0 Å². The lowest BCUT2D eigenvalue weighted by molar-refractivity contribution is -0.389. The van der Waals surface area contributed by atoms with Gasteiger partial charge in [-0.15, -0.1) is 0 Å². The van der Waals surface area contributed by atoms with Crippen molar-refractivity contribution in [3.63, 3.8) is 0 Å². The lowest BCUT2D eigenvalue weighted by Gasteiger charge is -2.36. The van der Waals surface area contributed by atoms with E-state index >= 15 is 0 Å². The number of benzene rings is 2. The van der Waals surface area contributed by atoms with E-state index in [-0.39, 0.29) is 23.7 Å². The van der Waals surface area contributed by atoms with Crippen LogP contribution in [0.4, 0.5) is 45.2 Å². The number of hydrogen-bond acceptors (Lipinski definition) is 1. The molecule has 0 fully saturated rings. The van der Waals surface area contributed by atoms with Crippen molar-refractivity contribution in [2.24, 2.45) is 15.7 Å². The Balaban J connectivity index is 2.33. The zero-order valence-electron chi connectivity index (χ0n) is 15.6. The van der Waals surface area contributed by atoms with Crippen LogP contribution in [0.2, 0.25) is 0 Å². The zero-order chi connectivity index (χ0) is 23.7. The highest BCUT2D eigenvalue weighted by atomic mass is 19.4. The van der Waals surface area contributed by atoms with E-state index in [1.54, 1.807) is 24.3 Å². The largest absolute Gasteiger partial charge is 0.457 e. The van der Waals surface area contributed by atoms with Crippen molar-refractivity contribution >= 4 is 17.9 Å². The van der Waals surface area contributed by atoms with Crippen LogP contribution < -0.4 is 5.73 Å². The number of nitrogens with zero attached hydrogens (tertiary/aromatic N) is 2. The molecule has 1 atom stereocenters. The minimum absolute atomic E-state index is 0.0324. The molecule has 0 aromatic heterocycles. The molecular formula is C19H14F9N3. The Hall–Kier alpha value is -3.05. The highest BCUT2D eigenvalue weighted by Gasteiger charge is 2.81. The van der Waals surface area contributed by atoms with Gasteiger partial charge in [-0.05, 0) is 19.1 Å². The Morgan fingerprint density at radius 3 is 1.74 bits per heavy atom. The second-order valence-electron chi connectivity index (χ2n) is 6.40. The summed E-state index contributed by atoms with van der Waals surface area (Å²) in [7, 11) is 0. The van der Waals surface area contributed by atoms with E-state index in [4.69, 9.17) is 5.73 Å². The average Bonchev–Trinajstić information content (AvgIpc) is 2.66. The van der Waals surface area contributed by atoms with E-state index in [0.29, 0.717) is 17.7 Å². The third kappa shape index (κ3) is 4.67. The molecule has 12 heteroatoms. The maximum Gasteiger partial charge on any atom is 0.457 e. The van der Waals surface area contributed by atoms with E-state index < -0.39 is 29.5 Å². The predicted molar refractivity (Wildman–Crippen MR) is 96.3 cm³/mol. The molecule has 0 radical (unpaired) electrons. The van der Waals surface area contributed by atoms with Crippen LogP contribution in [0.5, 0.6) is 0 Å². The molecule has 0 aliphatic rings. The first-order chi connectivity index (χ1) is 14.1. The normalized spacial score (nSPS) is 15.9. The van der Waals surface area contributed by atoms with Gasteiger partial charge in [-0.3, -0.25) is 0 Å². The van der Waals surface area contributed by atoms with Gasteiger partial charge in [0.2, 0.25) is 0 Å². The fourth-order valence-corrected chi connectivity index (χ4v) is 2.45. The van der Waals surface area contributed by atoms with Crippen molar-refractivity contribution in [2.75, 3.05) is 0 Å². The lowest BCUT2D eigenvalue weighted by atomic mass is 9.87. The molecule has 0 aliphatic carbocycles. The van der Waals surface area contributed by atoms with Gasteiger partial charge < -0.3 is 5.73 Å². The molecule has 2 aromatic rings. The third-order valence-corrected chi connectivity index (χ3v) is 4.20. The Kier molecular flexibility index (Phi) is 6.43. The monoisotopic (exact) mass is 455 g/mol. The number of halogens is 9. The summed E-state index contributed by atoms with van der Waals surface area (Å²) in [4.78, 5) is 7.46. The van der Waals surface area contributed by atoms with Crippen molar-refractivity contribution in [1.82, 2.24) is 0 Å². The second kappa shape index (κ2) is 8.23. The first-order valence-corrected chi connectivity index (χ1v) is 8.35. The molecule has 0 spiro atoms. The summed E-state index contributed by atoms with van der Waals surface area (Å²) in [6.07, 6.45) is -12.4. The molecule has 2 aromatic carbocycles. The van der Waals surface area contributed by atoms with Crippen molar-refractivity contribution in [3.8, 4) is 0 Å². The van der Waals surface area contributed by atoms with E-state index in [9.17, 15) is 39.5 Å². The maximum atomic E-state index is 14.3. The molecule has 0 heterocycles. The highest BCUT2D eigenvalue weighted by Crippen LogP contribution is 2.58. The standard InChI is InChI=1S/C19H14F9N3/c1-11-2-4-12(5-3-11)15(29)31-10-30-14-8-6-13(7-9-14)16(20,18(23,24)25)17(21,22)19(26,27)28/h2-10H,1H3,(H2,29,30,31). The van der Waals surface area contributed by atoms with Crippen LogP contribution in [-0.4, -0.2) is 30.4 Å². The third-order valence-electron chi connectivity index (χ3n) is 4.20. The number of hydrogen-bond donors (Lipinski definition) is 1. The minimum atomic E-state index is -6.78. The topological polar surface area (TPSA) is 50.7 Å². The van der Waals surface area contributed by atoms with Gasteiger partial charge in [-0.1, -0.05) is 42.0 Å². The second-order valence-corrected chi connectivity index (χ2v) is 6.40. The Morgan fingerprint density at radius 1 is 0.774 bits per heavy atom. The van der Waals surface area contributed by atoms with Gasteiger partial charge in [0.25, 0.3) is 0 Å². The van der Waals surface area contributed by atoms with Crippen molar-refractivity contribution in [2.45, 2.75) is 30.9 Å². The molecule has 0 amide bonds. The lowest BCUT2D eigenvalue weighted by Crippen LogP contribution is -2.59. The molecule has 168 valence electrons. The average molecular weight is 455 g/mol. The van der Waals surface area contributed by atoms with Crippen LogP contribution in [-0.2, 0) is 5.67 Å². The van der Waals surface area contributed by atoms with Crippen LogP contribution in [0.15, 0.2) is 58.5 Å². The molecule has 0 aliphatic heterocycles. The number of aliphatic imine (C=N–C) groups is 2. The van der Waals surface area contributed by atoms with Crippen molar-refractivity contribution < 1.29 is 39.5 Å². The molecule has 31 heavy (non-hydrogen) atoms. The van der Waals surface area contributed by atoms with Crippen LogP contribution in [0.1, 0.15) is 16.7 Å². The van der Waals surface area contributed by atoms with Gasteiger partial charge in [-0.2, -0.15) is 35.1 Å². The quantitative estimate of drug-likeness (QED) is 0.336. The summed E-state index contributed by atoms with van der Waals surface area (Å²) >= 11 is 0. The molecule has 3 nitrogen and oxygen atoms in total. The summed E-state index contributed by atoms with van der Waals surface area (Å²) in [5, 5.41) is 0. The molecular weight excluding hydrogens is 441 g/mol. The van der Waals surface area contributed by atoms with E-state index in [0.717, 1.165) is 11.9 Å². The number of amidine groups is 1. The Bertz CT molecular complexity index is 959. The Morgan fingerprint density at radius 2 is 1.29 bits per heavy atom. The number of rotatable bonds is 5. The summed E-state index contributed by atoms with van der Waals surface area (Å²) in [6, 6.07) is 8.40. The highest BCUT2D eigenvalue weighted by molar-refractivity contribution is 6.01. The van der Waals surface area contributed by atoms with Gasteiger partial charge in [0, 0.05) is 11.1 Å². The smallest absolute Gasteiger partial charge is 0.383 e. The van der Waals surface area contributed by atoms with Crippen LogP contribution in [0.3, 0.4) is 0 Å². The van der Waals surface area contributed by atoms with E-state index in [1.165, 1.54) is 0 Å². The minimum Gasteiger partial charge on any atom is -0.383 e. The predicted octanol–water partition coefficient (Wildman–Crippen LogP) is 5.99. The number of aryl methyl sites for hydroxylation is 1. The van der Waals surface area contributed by atoms with Crippen LogP contribution in [0.25, 0.3) is 0 Å². The van der Waals surface area contributed by atoms with Crippen molar-refractivity contribution in [3.05, 3.63) is 65.2 Å². The fourth-order valence-electron chi connectivity index (χ4n) is 2.45.